The van der Waals surface area contributed by atoms with Crippen LogP contribution in [0.3, 0.4) is 0 Å². The van der Waals surface area contributed by atoms with Crippen molar-refractivity contribution in [3.63, 3.8) is 0 Å². The quantitative estimate of drug-likeness (QED) is 0.700. The zero-order chi connectivity index (χ0) is 12.5. The molecule has 2 aromatic heterocycles. The Morgan fingerprint density at radius 1 is 1.17 bits per heavy atom. The van der Waals surface area contributed by atoms with Gasteiger partial charge in [0.2, 0.25) is 0 Å². The second kappa shape index (κ2) is 4.01. The molecular weight excluding hydrogens is 222 g/mol. The highest BCUT2D eigenvalue weighted by Crippen LogP contribution is 2.30. The van der Waals surface area contributed by atoms with E-state index in [0.29, 0.717) is 5.56 Å². The number of H-pyrrole nitrogens is 1. The molecule has 0 saturated carbocycles. The maximum absolute atomic E-state index is 8.83. The van der Waals surface area contributed by atoms with E-state index in [1.165, 1.54) is 0 Å². The summed E-state index contributed by atoms with van der Waals surface area (Å²) in [6.45, 7) is 2.00. The fourth-order valence-corrected chi connectivity index (χ4v) is 2.20. The standard InChI is InChI=1S/C15H11N3/c1-10-15(12-4-2-11(8-16)3-5-12)13-6-7-17-14(13)9-18-10/h2-7,9,17H,1H3. The van der Waals surface area contributed by atoms with Crippen molar-refractivity contribution in [1.82, 2.24) is 9.97 Å². The zero-order valence-corrected chi connectivity index (χ0v) is 9.94. The molecule has 3 aromatic rings. The molecule has 0 saturated heterocycles. The van der Waals surface area contributed by atoms with Crippen molar-refractivity contribution in [1.29, 1.82) is 5.26 Å². The van der Waals surface area contributed by atoms with Crippen LogP contribution in [0.5, 0.6) is 0 Å². The summed E-state index contributed by atoms with van der Waals surface area (Å²) in [7, 11) is 0. The van der Waals surface area contributed by atoms with Crippen LogP contribution in [0.15, 0.2) is 42.7 Å². The number of hydrogen-bond donors (Lipinski definition) is 1. The highest BCUT2D eigenvalue weighted by atomic mass is 14.7. The van der Waals surface area contributed by atoms with E-state index in [2.05, 4.69) is 22.1 Å². The van der Waals surface area contributed by atoms with Crippen molar-refractivity contribution >= 4 is 10.9 Å². The molecule has 1 N–H and O–H groups in total. The second-order valence-electron chi connectivity index (χ2n) is 4.21. The van der Waals surface area contributed by atoms with Gasteiger partial charge in [-0.1, -0.05) is 12.1 Å². The molecule has 3 heteroatoms. The average Bonchev–Trinajstić information content (AvgIpc) is 2.87. The largest absolute Gasteiger partial charge is 0.360 e. The van der Waals surface area contributed by atoms with Crippen molar-refractivity contribution < 1.29 is 0 Å². The summed E-state index contributed by atoms with van der Waals surface area (Å²) in [6, 6.07) is 11.8. The summed E-state index contributed by atoms with van der Waals surface area (Å²) in [5, 5.41) is 9.98. The number of benzene rings is 1. The molecule has 0 aliphatic heterocycles. The molecule has 3 nitrogen and oxygen atoms in total. The molecule has 0 radical (unpaired) electrons. The zero-order valence-electron chi connectivity index (χ0n) is 9.94. The van der Waals surface area contributed by atoms with Crippen LogP contribution in [-0.2, 0) is 0 Å². The second-order valence-corrected chi connectivity index (χ2v) is 4.21. The van der Waals surface area contributed by atoms with Crippen molar-refractivity contribution in [3.05, 3.63) is 54.0 Å². The normalized spacial score (nSPS) is 10.4. The van der Waals surface area contributed by atoms with E-state index in [-0.39, 0.29) is 0 Å². The molecule has 1 aromatic carbocycles. The number of aryl methyl sites for hydroxylation is 1. The van der Waals surface area contributed by atoms with E-state index < -0.39 is 0 Å². The van der Waals surface area contributed by atoms with Crippen molar-refractivity contribution in [2.75, 3.05) is 0 Å². The summed E-state index contributed by atoms with van der Waals surface area (Å²) < 4.78 is 0. The van der Waals surface area contributed by atoms with Crippen LogP contribution in [0.4, 0.5) is 0 Å². The minimum Gasteiger partial charge on any atom is -0.360 e. The molecule has 0 aliphatic rings. The first-order valence-corrected chi connectivity index (χ1v) is 5.73. The minimum absolute atomic E-state index is 0.672. The van der Waals surface area contributed by atoms with Crippen molar-refractivity contribution in [2.45, 2.75) is 6.92 Å². The maximum Gasteiger partial charge on any atom is 0.0991 e. The van der Waals surface area contributed by atoms with Gasteiger partial charge in [-0.3, -0.25) is 4.98 Å². The predicted molar refractivity (Wildman–Crippen MR) is 71.0 cm³/mol. The lowest BCUT2D eigenvalue weighted by Crippen LogP contribution is -1.89. The number of fused-ring (bicyclic) bond motifs is 1. The number of aromatic amines is 1. The lowest BCUT2D eigenvalue weighted by Gasteiger charge is -2.07. The first kappa shape index (κ1) is 10.5. The van der Waals surface area contributed by atoms with Crippen LogP contribution in [0, 0.1) is 18.3 Å². The van der Waals surface area contributed by atoms with E-state index in [0.717, 1.165) is 27.7 Å². The first-order chi connectivity index (χ1) is 8.79. The lowest BCUT2D eigenvalue weighted by atomic mass is 10.00. The van der Waals surface area contributed by atoms with Gasteiger partial charge in [0.15, 0.2) is 0 Å². The lowest BCUT2D eigenvalue weighted by molar-refractivity contribution is 1.22. The van der Waals surface area contributed by atoms with Crippen LogP contribution < -0.4 is 0 Å². The Morgan fingerprint density at radius 3 is 2.67 bits per heavy atom. The number of nitrogens with zero attached hydrogens (tertiary/aromatic N) is 2. The molecule has 0 aliphatic carbocycles. The van der Waals surface area contributed by atoms with Gasteiger partial charge in [-0.2, -0.15) is 5.26 Å². The number of nitriles is 1. The van der Waals surface area contributed by atoms with Gasteiger partial charge in [-0.25, -0.2) is 0 Å². The highest BCUT2D eigenvalue weighted by molar-refractivity contribution is 5.95. The van der Waals surface area contributed by atoms with Crippen LogP contribution in [0.2, 0.25) is 0 Å². The predicted octanol–water partition coefficient (Wildman–Crippen LogP) is 3.41. The van der Waals surface area contributed by atoms with Gasteiger partial charge in [0.25, 0.3) is 0 Å². The van der Waals surface area contributed by atoms with Gasteiger partial charge in [-0.05, 0) is 30.7 Å². The van der Waals surface area contributed by atoms with Gasteiger partial charge in [0.05, 0.1) is 23.3 Å². The Kier molecular flexibility index (Phi) is 2.35. The minimum atomic E-state index is 0.672. The van der Waals surface area contributed by atoms with Gasteiger partial charge in [0.1, 0.15) is 0 Å². The topological polar surface area (TPSA) is 52.5 Å². The third-order valence-electron chi connectivity index (χ3n) is 3.10. The molecule has 0 unspecified atom stereocenters. The number of rotatable bonds is 1. The maximum atomic E-state index is 8.83. The van der Waals surface area contributed by atoms with E-state index in [4.69, 9.17) is 5.26 Å². The molecule has 0 atom stereocenters. The Balaban J connectivity index is 2.27. The number of nitrogens with one attached hydrogen (secondary N) is 1. The molecule has 3 rings (SSSR count). The Bertz CT molecular complexity index is 745. The fourth-order valence-electron chi connectivity index (χ4n) is 2.20. The van der Waals surface area contributed by atoms with E-state index in [1.807, 2.05) is 43.6 Å². The van der Waals surface area contributed by atoms with Crippen LogP contribution >= 0.6 is 0 Å². The SMILES string of the molecule is Cc1ncc2[nH]ccc2c1-c1ccc(C#N)cc1. The van der Waals surface area contributed by atoms with Crippen LogP contribution in [0.25, 0.3) is 22.0 Å². The molecule has 18 heavy (non-hydrogen) atoms. The van der Waals surface area contributed by atoms with Crippen LogP contribution in [-0.4, -0.2) is 9.97 Å². The smallest absolute Gasteiger partial charge is 0.0991 e. The van der Waals surface area contributed by atoms with Gasteiger partial charge >= 0.3 is 0 Å². The summed E-state index contributed by atoms with van der Waals surface area (Å²) in [6.07, 6.45) is 3.76. The number of hydrogen-bond acceptors (Lipinski definition) is 2. The Morgan fingerprint density at radius 2 is 1.94 bits per heavy atom. The first-order valence-electron chi connectivity index (χ1n) is 5.73. The molecule has 0 spiro atoms. The molecular formula is C15H11N3. The van der Waals surface area contributed by atoms with Crippen LogP contribution in [0.1, 0.15) is 11.3 Å². The number of pyridine rings is 1. The van der Waals surface area contributed by atoms with Crippen molar-refractivity contribution in [2.24, 2.45) is 0 Å². The van der Waals surface area contributed by atoms with Gasteiger partial charge < -0.3 is 4.98 Å². The molecule has 2 heterocycles. The van der Waals surface area contributed by atoms with Gasteiger partial charge in [-0.15, -0.1) is 0 Å². The molecule has 0 fully saturated rings. The van der Waals surface area contributed by atoms with Crippen molar-refractivity contribution in [3.8, 4) is 17.2 Å². The highest BCUT2D eigenvalue weighted by Gasteiger charge is 2.09. The van der Waals surface area contributed by atoms with E-state index in [9.17, 15) is 0 Å². The molecule has 0 amide bonds. The third-order valence-corrected chi connectivity index (χ3v) is 3.10. The summed E-state index contributed by atoms with van der Waals surface area (Å²) in [5.74, 6) is 0. The van der Waals surface area contributed by atoms with E-state index >= 15 is 0 Å². The summed E-state index contributed by atoms with van der Waals surface area (Å²) in [4.78, 5) is 7.57. The van der Waals surface area contributed by atoms with Gasteiger partial charge in [0, 0.05) is 22.8 Å². The number of aromatic nitrogens is 2. The summed E-state index contributed by atoms with van der Waals surface area (Å²) in [5.41, 5.74) is 4.90. The average molecular weight is 233 g/mol. The Labute approximate surface area is 105 Å². The van der Waals surface area contributed by atoms with E-state index in [1.54, 1.807) is 0 Å². The fraction of sp³-hybridized carbons (Fsp3) is 0.0667. The molecule has 86 valence electrons. The Hall–Kier alpha value is -2.60. The molecule has 0 bridgehead atoms. The monoisotopic (exact) mass is 233 g/mol. The summed E-state index contributed by atoms with van der Waals surface area (Å²) >= 11 is 0. The third kappa shape index (κ3) is 1.56.